The highest BCUT2D eigenvalue weighted by atomic mass is 16.5. The zero-order valence-corrected chi connectivity index (χ0v) is 15.4. The van der Waals surface area contributed by atoms with Gasteiger partial charge < -0.3 is 15.4 Å². The molecule has 0 aliphatic heterocycles. The van der Waals surface area contributed by atoms with Gasteiger partial charge in [-0.2, -0.15) is 0 Å². The number of hydrogen-bond donors (Lipinski definition) is 3. The molecule has 0 radical (unpaired) electrons. The first-order valence-electron chi connectivity index (χ1n) is 9.17. The number of rotatable bonds is 3. The van der Waals surface area contributed by atoms with Crippen LogP contribution in [-0.4, -0.2) is 13.1 Å². The number of nitrogens with one attached hydrogen (secondary N) is 3. The molecule has 0 atom stereocenters. The Kier molecular flexibility index (Phi) is 3.76. The van der Waals surface area contributed by atoms with Crippen molar-refractivity contribution in [2.75, 3.05) is 17.7 Å². The first-order chi connectivity index (χ1) is 13.7. The first-order valence-corrected chi connectivity index (χ1v) is 9.17. The van der Waals surface area contributed by atoms with Crippen molar-refractivity contribution in [3.05, 3.63) is 77.9 Å². The summed E-state index contributed by atoms with van der Waals surface area (Å²) in [4.78, 5) is 0. The first kappa shape index (κ1) is 16.4. The Balaban J connectivity index is 1.47. The third-order valence-electron chi connectivity index (χ3n) is 5.17. The summed E-state index contributed by atoms with van der Waals surface area (Å²) in [6.07, 6.45) is 4.27. The Morgan fingerprint density at radius 1 is 0.714 bits per heavy atom. The van der Waals surface area contributed by atoms with Gasteiger partial charge in [-0.05, 0) is 34.7 Å². The van der Waals surface area contributed by atoms with Gasteiger partial charge >= 0.3 is 0 Å². The topological polar surface area (TPSA) is 57.1 Å². The second-order valence-electron chi connectivity index (χ2n) is 6.79. The molecule has 0 saturated heterocycles. The molecule has 0 bridgehead atoms. The highest BCUT2D eigenvalue weighted by molar-refractivity contribution is 6.14. The third-order valence-corrected chi connectivity index (χ3v) is 5.17. The predicted molar refractivity (Wildman–Crippen MR) is 118 cm³/mol. The Morgan fingerprint density at radius 2 is 1.36 bits per heavy atom. The SMILES string of the molecule is COc1ccc(NC(=N)Nc2ccc3c4c(cccc24)C=C3)c2ccccc12. The van der Waals surface area contributed by atoms with E-state index in [9.17, 15) is 0 Å². The van der Waals surface area contributed by atoms with Crippen molar-refractivity contribution in [3.63, 3.8) is 0 Å². The summed E-state index contributed by atoms with van der Waals surface area (Å²) < 4.78 is 5.46. The normalized spacial score (nSPS) is 11.8. The Hall–Kier alpha value is -3.79. The van der Waals surface area contributed by atoms with E-state index in [0.717, 1.165) is 33.3 Å². The lowest BCUT2D eigenvalue weighted by atomic mass is 10.0. The van der Waals surface area contributed by atoms with Crippen molar-refractivity contribution in [1.29, 1.82) is 5.41 Å². The minimum Gasteiger partial charge on any atom is -0.496 e. The van der Waals surface area contributed by atoms with Gasteiger partial charge in [0, 0.05) is 27.5 Å². The molecule has 0 spiro atoms. The van der Waals surface area contributed by atoms with Gasteiger partial charge in [-0.3, -0.25) is 5.41 Å². The summed E-state index contributed by atoms with van der Waals surface area (Å²) in [7, 11) is 1.67. The van der Waals surface area contributed by atoms with Crippen LogP contribution < -0.4 is 15.4 Å². The predicted octanol–water partition coefficient (Wildman–Crippen LogP) is 5.94. The Labute approximate surface area is 163 Å². The second-order valence-corrected chi connectivity index (χ2v) is 6.79. The average molecular weight is 365 g/mol. The van der Waals surface area contributed by atoms with Crippen LogP contribution in [0.2, 0.25) is 0 Å². The molecule has 136 valence electrons. The lowest BCUT2D eigenvalue weighted by Gasteiger charge is -2.16. The number of fused-ring (bicyclic) bond motifs is 1. The van der Waals surface area contributed by atoms with E-state index in [0.29, 0.717) is 0 Å². The van der Waals surface area contributed by atoms with Gasteiger partial charge in [0.05, 0.1) is 7.11 Å². The molecule has 4 aromatic rings. The molecule has 5 rings (SSSR count). The van der Waals surface area contributed by atoms with Gasteiger partial charge in [0.2, 0.25) is 0 Å². The number of benzene rings is 4. The lowest BCUT2D eigenvalue weighted by molar-refractivity contribution is 0.420. The van der Waals surface area contributed by atoms with Crippen molar-refractivity contribution in [3.8, 4) is 5.75 Å². The highest BCUT2D eigenvalue weighted by Gasteiger charge is 2.13. The summed E-state index contributed by atoms with van der Waals surface area (Å²) in [5.74, 6) is 1.04. The van der Waals surface area contributed by atoms with Crippen LogP contribution in [0.4, 0.5) is 11.4 Å². The van der Waals surface area contributed by atoms with Crippen molar-refractivity contribution in [2.24, 2.45) is 0 Å². The summed E-state index contributed by atoms with van der Waals surface area (Å²) in [5.41, 5.74) is 4.22. The van der Waals surface area contributed by atoms with Crippen LogP contribution in [0.3, 0.4) is 0 Å². The van der Waals surface area contributed by atoms with Crippen LogP contribution in [0.15, 0.2) is 66.7 Å². The smallest absolute Gasteiger partial charge is 0.197 e. The van der Waals surface area contributed by atoms with Gasteiger partial charge in [-0.15, -0.1) is 0 Å². The van der Waals surface area contributed by atoms with Gasteiger partial charge in [-0.1, -0.05) is 60.7 Å². The quantitative estimate of drug-likeness (QED) is 0.274. The summed E-state index contributed by atoms with van der Waals surface area (Å²) in [6.45, 7) is 0. The van der Waals surface area contributed by atoms with E-state index in [-0.39, 0.29) is 5.96 Å². The van der Waals surface area contributed by atoms with E-state index >= 15 is 0 Å². The standard InChI is InChI=1S/C24H19N3O/c1-28-22-14-13-20(17-6-2-3-7-18(17)22)26-24(25)27-21-12-11-16-10-9-15-5-4-8-19(21)23(15)16/h2-14H,1H3,(H3,25,26,27). The molecule has 0 fully saturated rings. The van der Waals surface area contributed by atoms with Crippen molar-refractivity contribution in [1.82, 2.24) is 0 Å². The molecule has 0 aromatic heterocycles. The molecular weight excluding hydrogens is 346 g/mol. The molecule has 1 aliphatic rings. The van der Waals surface area contributed by atoms with Crippen LogP contribution in [0.1, 0.15) is 11.1 Å². The zero-order chi connectivity index (χ0) is 19.1. The molecule has 28 heavy (non-hydrogen) atoms. The van der Waals surface area contributed by atoms with Crippen molar-refractivity contribution >= 4 is 51.0 Å². The minimum atomic E-state index is 0.224. The maximum absolute atomic E-state index is 8.47. The zero-order valence-electron chi connectivity index (χ0n) is 15.4. The summed E-state index contributed by atoms with van der Waals surface area (Å²) in [5, 5.41) is 19.3. The molecule has 0 heterocycles. The molecule has 4 nitrogen and oxygen atoms in total. The monoisotopic (exact) mass is 365 g/mol. The molecule has 0 saturated carbocycles. The molecule has 0 unspecified atom stereocenters. The fourth-order valence-corrected chi connectivity index (χ4v) is 3.89. The molecular formula is C24H19N3O. The maximum atomic E-state index is 8.47. The molecule has 4 heteroatoms. The second kappa shape index (κ2) is 6.43. The fraction of sp³-hybridized carbons (Fsp3) is 0.0417. The Bertz CT molecular complexity index is 1260. The lowest BCUT2D eigenvalue weighted by Crippen LogP contribution is -2.20. The minimum absolute atomic E-state index is 0.224. The highest BCUT2D eigenvalue weighted by Crippen LogP contribution is 2.35. The van der Waals surface area contributed by atoms with E-state index in [2.05, 4.69) is 47.1 Å². The molecule has 0 amide bonds. The number of hydrogen-bond acceptors (Lipinski definition) is 2. The van der Waals surface area contributed by atoms with Crippen LogP contribution in [-0.2, 0) is 0 Å². The Morgan fingerprint density at radius 3 is 2.14 bits per heavy atom. The van der Waals surface area contributed by atoms with Crippen LogP contribution in [0.25, 0.3) is 33.7 Å². The van der Waals surface area contributed by atoms with Crippen LogP contribution in [0.5, 0.6) is 5.75 Å². The van der Waals surface area contributed by atoms with Gasteiger partial charge in [0.15, 0.2) is 5.96 Å². The third kappa shape index (κ3) is 2.58. The van der Waals surface area contributed by atoms with E-state index in [1.54, 1.807) is 7.11 Å². The molecule has 1 aliphatic carbocycles. The fourth-order valence-electron chi connectivity index (χ4n) is 3.89. The van der Waals surface area contributed by atoms with E-state index < -0.39 is 0 Å². The van der Waals surface area contributed by atoms with E-state index in [1.807, 2.05) is 42.5 Å². The number of methoxy groups -OCH3 is 1. The van der Waals surface area contributed by atoms with Crippen LogP contribution >= 0.6 is 0 Å². The van der Waals surface area contributed by atoms with E-state index in [1.165, 1.54) is 16.5 Å². The number of ether oxygens (including phenoxy) is 1. The molecule has 4 aromatic carbocycles. The summed E-state index contributed by atoms with van der Waals surface area (Å²) >= 11 is 0. The average Bonchev–Trinajstić information content (AvgIpc) is 3.15. The van der Waals surface area contributed by atoms with Gasteiger partial charge in [0.25, 0.3) is 0 Å². The summed E-state index contributed by atoms with van der Waals surface area (Å²) in [6, 6.07) is 22.3. The maximum Gasteiger partial charge on any atom is 0.197 e. The van der Waals surface area contributed by atoms with Crippen molar-refractivity contribution < 1.29 is 4.74 Å². The number of anilines is 2. The van der Waals surface area contributed by atoms with E-state index in [4.69, 9.17) is 10.1 Å². The van der Waals surface area contributed by atoms with Gasteiger partial charge in [-0.25, -0.2) is 0 Å². The van der Waals surface area contributed by atoms with Gasteiger partial charge in [0.1, 0.15) is 5.75 Å². The number of guanidine groups is 1. The molecule has 3 N–H and O–H groups in total. The largest absolute Gasteiger partial charge is 0.496 e. The van der Waals surface area contributed by atoms with Crippen molar-refractivity contribution in [2.45, 2.75) is 0 Å². The van der Waals surface area contributed by atoms with Crippen LogP contribution in [0, 0.1) is 5.41 Å².